The number of anilines is 1. The second kappa shape index (κ2) is 7.21. The number of fused-ring (bicyclic) bond motifs is 1. The molecule has 4 aromatic heterocycles. The zero-order valence-corrected chi connectivity index (χ0v) is 16.2. The SMILES string of the molecule is O=C(NC1CCN(c2nccn3cccc23)C1)c1ccn(-c2ccc(Cl)cn2)n1. The van der Waals surface area contributed by atoms with E-state index in [2.05, 4.69) is 25.3 Å². The van der Waals surface area contributed by atoms with Gasteiger partial charge in [0, 0.05) is 50.1 Å². The summed E-state index contributed by atoms with van der Waals surface area (Å²) in [6.45, 7) is 1.55. The van der Waals surface area contributed by atoms with E-state index in [0.29, 0.717) is 23.1 Å². The van der Waals surface area contributed by atoms with Crippen molar-refractivity contribution in [2.75, 3.05) is 18.0 Å². The van der Waals surface area contributed by atoms with Crippen LogP contribution in [0.3, 0.4) is 0 Å². The Morgan fingerprint density at radius 1 is 1.14 bits per heavy atom. The van der Waals surface area contributed by atoms with Crippen molar-refractivity contribution in [3.8, 4) is 5.82 Å². The first kappa shape index (κ1) is 17.7. The van der Waals surface area contributed by atoms with Crippen molar-refractivity contribution in [3.63, 3.8) is 0 Å². The van der Waals surface area contributed by atoms with Crippen LogP contribution in [0.2, 0.25) is 5.02 Å². The molecule has 0 bridgehead atoms. The molecule has 0 aromatic carbocycles. The molecule has 1 unspecified atom stereocenters. The van der Waals surface area contributed by atoms with Crippen LogP contribution >= 0.6 is 11.6 Å². The van der Waals surface area contributed by atoms with Gasteiger partial charge in [-0.3, -0.25) is 4.79 Å². The Morgan fingerprint density at radius 2 is 2.07 bits per heavy atom. The molecule has 0 radical (unpaired) electrons. The highest BCUT2D eigenvalue weighted by Crippen LogP contribution is 2.23. The normalized spacial score (nSPS) is 16.4. The van der Waals surface area contributed by atoms with E-state index >= 15 is 0 Å². The average Bonchev–Trinajstić information content (AvgIpc) is 3.48. The summed E-state index contributed by atoms with van der Waals surface area (Å²) in [4.78, 5) is 23.6. The quantitative estimate of drug-likeness (QED) is 0.562. The summed E-state index contributed by atoms with van der Waals surface area (Å²) in [6, 6.07) is 9.26. The van der Waals surface area contributed by atoms with E-state index in [1.165, 1.54) is 0 Å². The van der Waals surface area contributed by atoms with Crippen LogP contribution in [-0.4, -0.2) is 49.2 Å². The van der Waals surface area contributed by atoms with Gasteiger partial charge in [0.15, 0.2) is 17.3 Å². The van der Waals surface area contributed by atoms with Crippen molar-refractivity contribution in [2.45, 2.75) is 12.5 Å². The summed E-state index contributed by atoms with van der Waals surface area (Å²) in [5.74, 6) is 1.35. The number of pyridine rings is 1. The smallest absolute Gasteiger partial charge is 0.272 e. The van der Waals surface area contributed by atoms with Crippen molar-refractivity contribution in [3.05, 3.63) is 72.0 Å². The third-order valence-corrected chi connectivity index (χ3v) is 5.25. The van der Waals surface area contributed by atoms with Crippen LogP contribution in [0, 0.1) is 0 Å². The maximum absolute atomic E-state index is 12.6. The number of amides is 1. The summed E-state index contributed by atoms with van der Waals surface area (Å²) in [5.41, 5.74) is 1.42. The zero-order valence-electron chi connectivity index (χ0n) is 15.4. The molecule has 1 saturated heterocycles. The lowest BCUT2D eigenvalue weighted by Crippen LogP contribution is -2.37. The second-order valence-electron chi connectivity index (χ2n) is 6.94. The van der Waals surface area contributed by atoms with Crippen molar-refractivity contribution >= 4 is 28.8 Å². The number of carbonyl (C=O) groups is 1. The predicted octanol–water partition coefficient (Wildman–Crippen LogP) is 2.58. The lowest BCUT2D eigenvalue weighted by molar-refractivity contribution is 0.0935. The summed E-state index contributed by atoms with van der Waals surface area (Å²) >= 11 is 5.87. The first-order chi connectivity index (χ1) is 14.2. The second-order valence-corrected chi connectivity index (χ2v) is 7.37. The van der Waals surface area contributed by atoms with Gasteiger partial charge in [-0.05, 0) is 36.8 Å². The topological polar surface area (TPSA) is 80.4 Å². The van der Waals surface area contributed by atoms with E-state index < -0.39 is 0 Å². The van der Waals surface area contributed by atoms with Crippen LogP contribution in [-0.2, 0) is 0 Å². The lowest BCUT2D eigenvalue weighted by Gasteiger charge is -2.18. The minimum atomic E-state index is -0.196. The van der Waals surface area contributed by atoms with E-state index in [4.69, 9.17) is 11.6 Å². The van der Waals surface area contributed by atoms with E-state index in [1.807, 2.05) is 28.9 Å². The van der Waals surface area contributed by atoms with Crippen molar-refractivity contribution in [1.29, 1.82) is 0 Å². The van der Waals surface area contributed by atoms with Gasteiger partial charge < -0.3 is 14.6 Å². The van der Waals surface area contributed by atoms with E-state index in [-0.39, 0.29) is 11.9 Å². The number of hydrogen-bond acceptors (Lipinski definition) is 5. The molecular formula is C20H18ClN7O. The van der Waals surface area contributed by atoms with Crippen molar-refractivity contribution < 1.29 is 4.79 Å². The molecule has 9 heteroatoms. The van der Waals surface area contributed by atoms with Gasteiger partial charge in [0.2, 0.25) is 0 Å². The van der Waals surface area contributed by atoms with Crippen LogP contribution in [0.1, 0.15) is 16.9 Å². The summed E-state index contributed by atoms with van der Waals surface area (Å²) in [7, 11) is 0. The molecule has 5 rings (SSSR count). The Hall–Kier alpha value is -3.39. The van der Waals surface area contributed by atoms with Crippen molar-refractivity contribution in [1.82, 2.24) is 29.5 Å². The molecule has 5 heterocycles. The summed E-state index contributed by atoms with van der Waals surface area (Å²) in [5, 5.41) is 7.96. The van der Waals surface area contributed by atoms with Crippen molar-refractivity contribution in [2.24, 2.45) is 0 Å². The Bertz CT molecular complexity index is 1170. The number of halogens is 1. The van der Waals surface area contributed by atoms with Gasteiger partial charge in [-0.2, -0.15) is 5.10 Å². The summed E-state index contributed by atoms with van der Waals surface area (Å²) < 4.78 is 3.61. The standard InChI is InChI=1S/C20H18ClN7O/c21-14-3-4-18(23-12-14)28-10-6-16(25-28)20(29)24-15-5-9-27(13-15)19-17-2-1-8-26(17)11-7-22-19/h1-4,6-8,10-12,15H,5,9,13H2,(H,24,29). The first-order valence-corrected chi connectivity index (χ1v) is 9.70. The Balaban J connectivity index is 1.26. The maximum Gasteiger partial charge on any atom is 0.272 e. The Morgan fingerprint density at radius 3 is 2.93 bits per heavy atom. The maximum atomic E-state index is 12.6. The molecule has 29 heavy (non-hydrogen) atoms. The zero-order chi connectivity index (χ0) is 19.8. The van der Waals surface area contributed by atoms with Crippen LogP contribution in [0.25, 0.3) is 11.3 Å². The molecule has 1 N–H and O–H groups in total. The van der Waals surface area contributed by atoms with Gasteiger partial charge >= 0.3 is 0 Å². The van der Waals surface area contributed by atoms with Crippen LogP contribution < -0.4 is 10.2 Å². The fourth-order valence-corrected chi connectivity index (χ4v) is 3.72. The molecule has 8 nitrogen and oxygen atoms in total. The number of rotatable bonds is 4. The lowest BCUT2D eigenvalue weighted by atomic mass is 10.2. The van der Waals surface area contributed by atoms with Gasteiger partial charge in [-0.1, -0.05) is 11.6 Å². The minimum absolute atomic E-state index is 0.0401. The Kier molecular flexibility index (Phi) is 4.40. The molecule has 0 spiro atoms. The first-order valence-electron chi connectivity index (χ1n) is 9.32. The molecule has 0 saturated carbocycles. The van der Waals surface area contributed by atoms with Crippen LogP contribution in [0.4, 0.5) is 5.82 Å². The molecule has 4 aromatic rings. The van der Waals surface area contributed by atoms with E-state index in [9.17, 15) is 4.79 Å². The van der Waals surface area contributed by atoms with Gasteiger partial charge in [0.25, 0.3) is 5.91 Å². The number of nitrogens with one attached hydrogen (secondary N) is 1. The van der Waals surface area contributed by atoms with E-state index in [0.717, 1.165) is 24.3 Å². The fraction of sp³-hybridized carbons (Fsp3) is 0.200. The number of hydrogen-bond donors (Lipinski definition) is 1. The number of carbonyl (C=O) groups excluding carboxylic acids is 1. The number of aromatic nitrogens is 5. The average molecular weight is 408 g/mol. The third kappa shape index (κ3) is 3.42. The van der Waals surface area contributed by atoms with E-state index in [1.54, 1.807) is 41.5 Å². The molecule has 1 fully saturated rings. The van der Waals surface area contributed by atoms with Gasteiger partial charge in [0.1, 0.15) is 0 Å². The van der Waals surface area contributed by atoms with Gasteiger partial charge in [0.05, 0.1) is 10.5 Å². The highest BCUT2D eigenvalue weighted by atomic mass is 35.5. The molecule has 1 atom stereocenters. The number of nitrogens with zero attached hydrogens (tertiary/aromatic N) is 6. The summed E-state index contributed by atoms with van der Waals surface area (Å²) in [6.07, 6.45) is 9.84. The highest BCUT2D eigenvalue weighted by molar-refractivity contribution is 6.30. The highest BCUT2D eigenvalue weighted by Gasteiger charge is 2.27. The predicted molar refractivity (Wildman–Crippen MR) is 110 cm³/mol. The van der Waals surface area contributed by atoms with Crippen LogP contribution in [0.15, 0.2) is 61.3 Å². The van der Waals surface area contributed by atoms with Gasteiger partial charge in [-0.25, -0.2) is 14.6 Å². The minimum Gasteiger partial charge on any atom is -0.353 e. The third-order valence-electron chi connectivity index (χ3n) is 5.02. The molecule has 1 aliphatic heterocycles. The molecule has 146 valence electrons. The molecule has 1 amide bonds. The fourth-order valence-electron chi connectivity index (χ4n) is 3.60. The van der Waals surface area contributed by atoms with Crippen LogP contribution in [0.5, 0.6) is 0 Å². The molecule has 0 aliphatic carbocycles. The monoisotopic (exact) mass is 407 g/mol. The Labute approximate surface area is 171 Å². The molecular weight excluding hydrogens is 390 g/mol. The largest absolute Gasteiger partial charge is 0.353 e. The van der Waals surface area contributed by atoms with Gasteiger partial charge in [-0.15, -0.1) is 0 Å². The molecule has 1 aliphatic rings.